The van der Waals surface area contributed by atoms with Gasteiger partial charge in [-0.25, -0.2) is 0 Å². The van der Waals surface area contributed by atoms with E-state index >= 15 is 0 Å². The van der Waals surface area contributed by atoms with Gasteiger partial charge in [0.15, 0.2) is 0 Å². The molecule has 3 nitrogen and oxygen atoms in total. The van der Waals surface area contributed by atoms with Gasteiger partial charge < -0.3 is 15.4 Å². The average Bonchev–Trinajstić information content (AvgIpc) is 2.82. The Labute approximate surface area is 104 Å². The molecule has 1 aromatic carbocycles. The van der Waals surface area contributed by atoms with E-state index in [9.17, 15) is 0 Å². The summed E-state index contributed by atoms with van der Waals surface area (Å²) in [5.41, 5.74) is 9.64. The van der Waals surface area contributed by atoms with Gasteiger partial charge in [0.2, 0.25) is 0 Å². The number of hydrogen-bond donors (Lipinski definition) is 1. The number of ether oxygens (including phenoxy) is 1. The van der Waals surface area contributed by atoms with Crippen LogP contribution >= 0.6 is 0 Å². The molecule has 0 radical (unpaired) electrons. The minimum atomic E-state index is 0.509. The molecule has 0 spiro atoms. The monoisotopic (exact) mass is 234 g/mol. The first-order chi connectivity index (χ1) is 8.22. The number of rotatable bonds is 4. The Morgan fingerprint density at radius 1 is 1.47 bits per heavy atom. The van der Waals surface area contributed by atoms with Crippen LogP contribution in [0, 0.1) is 6.92 Å². The van der Waals surface area contributed by atoms with E-state index in [-0.39, 0.29) is 0 Å². The molecule has 2 N–H and O–H groups in total. The molecule has 17 heavy (non-hydrogen) atoms. The van der Waals surface area contributed by atoms with Gasteiger partial charge in [-0.05, 0) is 37.9 Å². The van der Waals surface area contributed by atoms with Gasteiger partial charge in [-0.2, -0.15) is 0 Å². The average molecular weight is 234 g/mol. The molecular weight excluding hydrogens is 212 g/mol. The molecule has 2 rings (SSSR count). The van der Waals surface area contributed by atoms with E-state index in [1.54, 1.807) is 0 Å². The Morgan fingerprint density at radius 3 is 2.94 bits per heavy atom. The molecule has 1 fully saturated rings. The van der Waals surface area contributed by atoms with Crippen LogP contribution in [-0.2, 0) is 11.2 Å². The van der Waals surface area contributed by atoms with Crippen molar-refractivity contribution in [1.29, 1.82) is 0 Å². The quantitative estimate of drug-likeness (QED) is 0.862. The maximum absolute atomic E-state index is 5.69. The summed E-state index contributed by atoms with van der Waals surface area (Å²) in [5.74, 6) is 0. The minimum absolute atomic E-state index is 0.509. The topological polar surface area (TPSA) is 38.5 Å². The summed E-state index contributed by atoms with van der Waals surface area (Å²) in [7, 11) is 2.16. The number of likely N-dealkylation sites (N-methyl/N-ethyl adjacent to an activating group) is 1. The molecule has 1 saturated heterocycles. The van der Waals surface area contributed by atoms with E-state index < -0.39 is 0 Å². The zero-order valence-electron chi connectivity index (χ0n) is 10.8. The van der Waals surface area contributed by atoms with E-state index in [4.69, 9.17) is 10.5 Å². The molecule has 3 heteroatoms. The lowest BCUT2D eigenvalue weighted by molar-refractivity contribution is 0.193. The van der Waals surface area contributed by atoms with E-state index in [0.717, 1.165) is 26.1 Å². The molecule has 1 unspecified atom stereocenters. The summed E-state index contributed by atoms with van der Waals surface area (Å²) < 4.78 is 5.46. The van der Waals surface area contributed by atoms with Gasteiger partial charge in [0, 0.05) is 19.3 Å². The number of nitrogens with zero attached hydrogens (tertiary/aromatic N) is 1. The van der Waals surface area contributed by atoms with Crippen LogP contribution in [0.5, 0.6) is 0 Å². The van der Waals surface area contributed by atoms with Crippen molar-refractivity contribution in [3.05, 3.63) is 29.3 Å². The molecular formula is C14H22N2O. The van der Waals surface area contributed by atoms with Gasteiger partial charge in [-0.3, -0.25) is 0 Å². The zero-order valence-corrected chi connectivity index (χ0v) is 10.8. The van der Waals surface area contributed by atoms with Crippen molar-refractivity contribution in [1.82, 2.24) is 0 Å². The number of hydrogen-bond acceptors (Lipinski definition) is 3. The van der Waals surface area contributed by atoms with Crippen molar-refractivity contribution < 1.29 is 4.74 Å². The summed E-state index contributed by atoms with van der Waals surface area (Å²) in [5, 5.41) is 0. The Bertz CT molecular complexity index is 372. The Morgan fingerprint density at radius 2 is 2.29 bits per heavy atom. The van der Waals surface area contributed by atoms with Crippen molar-refractivity contribution >= 4 is 5.69 Å². The van der Waals surface area contributed by atoms with Gasteiger partial charge in [-0.1, -0.05) is 17.7 Å². The maximum Gasteiger partial charge on any atom is 0.0670 e. The second kappa shape index (κ2) is 5.52. The lowest BCUT2D eigenvalue weighted by atomic mass is 10.0. The lowest BCUT2D eigenvalue weighted by Gasteiger charge is -2.28. The van der Waals surface area contributed by atoms with E-state index in [2.05, 4.69) is 37.1 Å². The Kier molecular flexibility index (Phi) is 4.02. The fraction of sp³-hybridized carbons (Fsp3) is 0.571. The third-order valence-corrected chi connectivity index (χ3v) is 3.48. The number of aryl methyl sites for hydroxylation is 1. The van der Waals surface area contributed by atoms with Crippen LogP contribution in [0.3, 0.4) is 0 Å². The summed E-state index contributed by atoms with van der Waals surface area (Å²) in [6.07, 6.45) is 2.06. The van der Waals surface area contributed by atoms with E-state index in [0.29, 0.717) is 12.6 Å². The predicted molar refractivity (Wildman–Crippen MR) is 71.6 cm³/mol. The fourth-order valence-electron chi connectivity index (χ4n) is 2.44. The third kappa shape index (κ3) is 2.79. The van der Waals surface area contributed by atoms with Crippen molar-refractivity contribution in [3.8, 4) is 0 Å². The van der Waals surface area contributed by atoms with Gasteiger partial charge in [0.25, 0.3) is 0 Å². The number of nitrogens with two attached hydrogens (primary N) is 1. The molecule has 0 aromatic heterocycles. The second-order valence-electron chi connectivity index (χ2n) is 4.80. The molecule has 1 aliphatic rings. The summed E-state index contributed by atoms with van der Waals surface area (Å²) in [4.78, 5) is 2.34. The molecule has 1 atom stereocenters. The first-order valence-corrected chi connectivity index (χ1v) is 6.32. The summed E-state index contributed by atoms with van der Waals surface area (Å²) >= 11 is 0. The van der Waals surface area contributed by atoms with Gasteiger partial charge in [-0.15, -0.1) is 0 Å². The fourth-order valence-corrected chi connectivity index (χ4v) is 2.44. The molecule has 0 aliphatic carbocycles. The lowest BCUT2D eigenvalue weighted by Crippen LogP contribution is -2.32. The first-order valence-electron chi connectivity index (χ1n) is 6.32. The van der Waals surface area contributed by atoms with Gasteiger partial charge in [0.05, 0.1) is 12.6 Å². The zero-order chi connectivity index (χ0) is 12.3. The second-order valence-corrected chi connectivity index (χ2v) is 4.80. The highest BCUT2D eigenvalue weighted by Gasteiger charge is 2.21. The molecule has 0 saturated carbocycles. The normalized spacial score (nSPS) is 19.6. The van der Waals surface area contributed by atoms with Crippen LogP contribution in [-0.4, -0.2) is 32.8 Å². The predicted octanol–water partition coefficient (Wildman–Crippen LogP) is 1.72. The van der Waals surface area contributed by atoms with Crippen molar-refractivity contribution in [2.75, 3.05) is 31.7 Å². The van der Waals surface area contributed by atoms with E-state index in [1.165, 1.54) is 16.8 Å². The highest BCUT2D eigenvalue weighted by molar-refractivity contribution is 5.55. The first kappa shape index (κ1) is 12.4. The third-order valence-electron chi connectivity index (χ3n) is 3.48. The Hall–Kier alpha value is -1.06. The molecule has 0 bridgehead atoms. The van der Waals surface area contributed by atoms with Crippen molar-refractivity contribution in [3.63, 3.8) is 0 Å². The van der Waals surface area contributed by atoms with Crippen molar-refractivity contribution in [2.24, 2.45) is 5.73 Å². The number of benzene rings is 1. The molecule has 94 valence electrons. The smallest absolute Gasteiger partial charge is 0.0670 e. The van der Waals surface area contributed by atoms with Gasteiger partial charge in [0.1, 0.15) is 0 Å². The van der Waals surface area contributed by atoms with Crippen LogP contribution in [0.4, 0.5) is 5.69 Å². The highest BCUT2D eigenvalue weighted by atomic mass is 16.5. The van der Waals surface area contributed by atoms with Crippen LogP contribution in [0.15, 0.2) is 18.2 Å². The molecule has 0 amide bonds. The van der Waals surface area contributed by atoms with Crippen LogP contribution in [0.25, 0.3) is 0 Å². The van der Waals surface area contributed by atoms with Crippen molar-refractivity contribution in [2.45, 2.75) is 25.8 Å². The molecule has 1 heterocycles. The SMILES string of the molecule is Cc1ccc(N(C)C2CCOC2)c(CCN)c1. The van der Waals surface area contributed by atoms with Crippen LogP contribution < -0.4 is 10.6 Å². The maximum atomic E-state index is 5.69. The largest absolute Gasteiger partial charge is 0.379 e. The highest BCUT2D eigenvalue weighted by Crippen LogP contribution is 2.25. The molecule has 1 aliphatic heterocycles. The van der Waals surface area contributed by atoms with Crippen LogP contribution in [0.2, 0.25) is 0 Å². The minimum Gasteiger partial charge on any atom is -0.379 e. The summed E-state index contributed by atoms with van der Waals surface area (Å²) in [6, 6.07) is 7.13. The van der Waals surface area contributed by atoms with E-state index in [1.807, 2.05) is 0 Å². The number of anilines is 1. The standard InChI is InChI=1S/C14H22N2O/c1-11-3-4-14(12(9-11)5-7-15)16(2)13-6-8-17-10-13/h3-4,9,13H,5-8,10,15H2,1-2H3. The Balaban J connectivity index is 2.23. The van der Waals surface area contributed by atoms with Gasteiger partial charge >= 0.3 is 0 Å². The molecule has 1 aromatic rings. The summed E-state index contributed by atoms with van der Waals surface area (Å²) in [6.45, 7) is 4.55. The van der Waals surface area contributed by atoms with Crippen LogP contribution in [0.1, 0.15) is 17.5 Å².